The minimum atomic E-state index is 0. The maximum Gasteiger partial charge on any atom is 0.212 e. The minimum absolute atomic E-state index is 0. The molecule has 0 aliphatic rings. The van der Waals surface area contributed by atoms with Crippen molar-refractivity contribution >= 4 is 35.6 Å². The second kappa shape index (κ2) is 12.2. The van der Waals surface area contributed by atoms with Crippen molar-refractivity contribution in [1.29, 1.82) is 0 Å². The summed E-state index contributed by atoms with van der Waals surface area (Å²) in [6.45, 7) is 5.78. The fourth-order valence-corrected chi connectivity index (χ4v) is 2.26. The van der Waals surface area contributed by atoms with E-state index in [2.05, 4.69) is 20.6 Å². The van der Waals surface area contributed by atoms with E-state index in [1.54, 1.807) is 20.4 Å². The van der Waals surface area contributed by atoms with Gasteiger partial charge in [-0.1, -0.05) is 6.07 Å². The molecule has 0 saturated carbocycles. The van der Waals surface area contributed by atoms with Crippen molar-refractivity contribution in [1.82, 2.24) is 10.3 Å². The molecule has 0 aliphatic carbocycles. The first kappa shape index (κ1) is 22.8. The number of aromatic nitrogens is 1. The number of nitrogens with one attached hydrogen (secondary N) is 2. The van der Waals surface area contributed by atoms with Crippen molar-refractivity contribution in [2.45, 2.75) is 20.4 Å². The number of ether oxygens (including phenoxy) is 3. The van der Waals surface area contributed by atoms with E-state index in [1.807, 2.05) is 44.2 Å². The second-order valence-electron chi connectivity index (χ2n) is 5.33. The Kier molecular flexibility index (Phi) is 10.3. The number of halogens is 1. The fraction of sp³-hybridized carbons (Fsp3) is 0.368. The van der Waals surface area contributed by atoms with Crippen molar-refractivity contribution < 1.29 is 14.2 Å². The first-order chi connectivity index (χ1) is 12.7. The van der Waals surface area contributed by atoms with E-state index in [9.17, 15) is 0 Å². The van der Waals surface area contributed by atoms with Crippen molar-refractivity contribution in [2.24, 2.45) is 4.99 Å². The van der Waals surface area contributed by atoms with Crippen LogP contribution < -0.4 is 24.8 Å². The molecule has 8 heteroatoms. The molecule has 1 aromatic heterocycles. The number of guanidine groups is 1. The minimum Gasteiger partial charge on any atom is -0.493 e. The zero-order valence-electron chi connectivity index (χ0n) is 16.1. The lowest BCUT2D eigenvalue weighted by Crippen LogP contribution is -2.30. The van der Waals surface area contributed by atoms with E-state index in [0.29, 0.717) is 36.5 Å². The van der Waals surface area contributed by atoms with Gasteiger partial charge in [-0.05, 0) is 31.5 Å². The molecule has 0 amide bonds. The second-order valence-corrected chi connectivity index (χ2v) is 5.33. The van der Waals surface area contributed by atoms with Gasteiger partial charge in [-0.3, -0.25) is 0 Å². The van der Waals surface area contributed by atoms with Crippen LogP contribution in [0.4, 0.5) is 5.69 Å². The predicted octanol–water partition coefficient (Wildman–Crippen LogP) is 3.69. The highest BCUT2D eigenvalue weighted by Gasteiger charge is 2.07. The van der Waals surface area contributed by atoms with Gasteiger partial charge in [-0.2, -0.15) is 0 Å². The molecular weight excluding hydrogens is 459 g/mol. The van der Waals surface area contributed by atoms with E-state index >= 15 is 0 Å². The summed E-state index contributed by atoms with van der Waals surface area (Å²) in [6.07, 6.45) is 1.76. The summed E-state index contributed by atoms with van der Waals surface area (Å²) < 4.78 is 16.0. The number of hydrogen-bond donors (Lipinski definition) is 2. The number of pyridine rings is 1. The van der Waals surface area contributed by atoms with Crippen LogP contribution in [0, 0.1) is 0 Å². The molecule has 1 heterocycles. The molecule has 2 aromatic rings. The SMILES string of the molecule is CCNC(=NCc1ccc(OC)nc1)Nc1ccc(OC)c(OCC)c1.I. The summed E-state index contributed by atoms with van der Waals surface area (Å²) >= 11 is 0. The van der Waals surface area contributed by atoms with Gasteiger partial charge >= 0.3 is 0 Å². The summed E-state index contributed by atoms with van der Waals surface area (Å²) in [5, 5.41) is 6.51. The Morgan fingerprint density at radius 2 is 1.89 bits per heavy atom. The van der Waals surface area contributed by atoms with Crippen LogP contribution in [0.5, 0.6) is 17.4 Å². The van der Waals surface area contributed by atoms with E-state index in [0.717, 1.165) is 17.8 Å². The van der Waals surface area contributed by atoms with Crippen LogP contribution in [-0.2, 0) is 6.54 Å². The van der Waals surface area contributed by atoms with Gasteiger partial charge < -0.3 is 24.8 Å². The molecule has 0 aliphatic heterocycles. The van der Waals surface area contributed by atoms with Gasteiger partial charge in [-0.15, -0.1) is 24.0 Å². The highest BCUT2D eigenvalue weighted by molar-refractivity contribution is 14.0. The average Bonchev–Trinajstić information content (AvgIpc) is 2.67. The molecular formula is C19H27IN4O3. The molecule has 27 heavy (non-hydrogen) atoms. The molecule has 0 fully saturated rings. The van der Waals surface area contributed by atoms with Crippen molar-refractivity contribution in [3.63, 3.8) is 0 Å². The van der Waals surface area contributed by atoms with Gasteiger partial charge in [0.25, 0.3) is 0 Å². The van der Waals surface area contributed by atoms with Crippen LogP contribution in [0.15, 0.2) is 41.5 Å². The van der Waals surface area contributed by atoms with Crippen molar-refractivity contribution in [3.8, 4) is 17.4 Å². The molecule has 0 radical (unpaired) electrons. The maximum atomic E-state index is 5.62. The molecule has 7 nitrogen and oxygen atoms in total. The molecule has 1 aromatic carbocycles. The smallest absolute Gasteiger partial charge is 0.212 e. The lowest BCUT2D eigenvalue weighted by Gasteiger charge is -2.14. The number of methoxy groups -OCH3 is 2. The van der Waals surface area contributed by atoms with Crippen LogP contribution in [0.25, 0.3) is 0 Å². The highest BCUT2D eigenvalue weighted by Crippen LogP contribution is 2.30. The zero-order valence-corrected chi connectivity index (χ0v) is 18.4. The molecule has 0 atom stereocenters. The molecule has 0 unspecified atom stereocenters. The number of hydrogen-bond acceptors (Lipinski definition) is 5. The topological polar surface area (TPSA) is 77.0 Å². The molecule has 2 N–H and O–H groups in total. The van der Waals surface area contributed by atoms with Crippen LogP contribution >= 0.6 is 24.0 Å². The first-order valence-electron chi connectivity index (χ1n) is 8.55. The Morgan fingerprint density at radius 3 is 2.48 bits per heavy atom. The number of rotatable bonds is 8. The largest absolute Gasteiger partial charge is 0.493 e. The molecule has 0 saturated heterocycles. The third-order valence-electron chi connectivity index (χ3n) is 3.50. The Bertz CT molecular complexity index is 723. The lowest BCUT2D eigenvalue weighted by molar-refractivity contribution is 0.311. The van der Waals surface area contributed by atoms with Gasteiger partial charge in [0.1, 0.15) is 0 Å². The maximum absolute atomic E-state index is 5.62. The summed E-state index contributed by atoms with van der Waals surface area (Å²) in [4.78, 5) is 8.79. The fourth-order valence-electron chi connectivity index (χ4n) is 2.26. The normalized spacial score (nSPS) is 10.6. The monoisotopic (exact) mass is 486 g/mol. The van der Waals surface area contributed by atoms with Gasteiger partial charge in [-0.25, -0.2) is 9.98 Å². The van der Waals surface area contributed by atoms with E-state index in [1.165, 1.54) is 0 Å². The van der Waals surface area contributed by atoms with Crippen LogP contribution in [0.3, 0.4) is 0 Å². The Hall–Kier alpha value is -2.23. The Balaban J connectivity index is 0.00000364. The number of aliphatic imine (C=N–C) groups is 1. The van der Waals surface area contributed by atoms with Crippen molar-refractivity contribution in [2.75, 3.05) is 32.7 Å². The highest BCUT2D eigenvalue weighted by atomic mass is 127. The summed E-state index contributed by atoms with van der Waals surface area (Å²) in [7, 11) is 3.22. The van der Waals surface area contributed by atoms with Crippen LogP contribution in [-0.4, -0.2) is 38.3 Å². The van der Waals surface area contributed by atoms with E-state index < -0.39 is 0 Å². The van der Waals surface area contributed by atoms with E-state index in [4.69, 9.17) is 14.2 Å². The number of nitrogens with zero attached hydrogens (tertiary/aromatic N) is 2. The predicted molar refractivity (Wildman–Crippen MR) is 119 cm³/mol. The van der Waals surface area contributed by atoms with Crippen molar-refractivity contribution in [3.05, 3.63) is 42.1 Å². The van der Waals surface area contributed by atoms with Gasteiger partial charge in [0.2, 0.25) is 5.88 Å². The summed E-state index contributed by atoms with van der Waals surface area (Å²) in [5.41, 5.74) is 1.86. The Labute approximate surface area is 177 Å². The number of anilines is 1. The molecule has 2 rings (SSSR count). The Morgan fingerprint density at radius 1 is 1.07 bits per heavy atom. The first-order valence-corrected chi connectivity index (χ1v) is 8.55. The van der Waals surface area contributed by atoms with Gasteiger partial charge in [0.05, 0.1) is 27.4 Å². The quantitative estimate of drug-likeness (QED) is 0.337. The number of benzene rings is 1. The zero-order chi connectivity index (χ0) is 18.8. The summed E-state index contributed by atoms with van der Waals surface area (Å²) in [6, 6.07) is 9.44. The third kappa shape index (κ3) is 7.12. The standard InChI is InChI=1S/C19H26N4O3.HI/c1-5-20-19(22-13-14-7-10-18(25-4)21-12-14)23-15-8-9-16(24-3)17(11-15)26-6-2;/h7-12H,5-6,13H2,1-4H3,(H2,20,22,23);1H. The lowest BCUT2D eigenvalue weighted by atomic mass is 10.2. The molecule has 148 valence electrons. The molecule has 0 spiro atoms. The summed E-state index contributed by atoms with van der Waals surface area (Å²) in [5.74, 6) is 2.65. The van der Waals surface area contributed by atoms with Gasteiger partial charge in [0, 0.05) is 30.6 Å². The van der Waals surface area contributed by atoms with Crippen LogP contribution in [0.2, 0.25) is 0 Å². The van der Waals surface area contributed by atoms with E-state index in [-0.39, 0.29) is 24.0 Å². The third-order valence-corrected chi connectivity index (χ3v) is 3.50. The van der Waals surface area contributed by atoms with Gasteiger partial charge in [0.15, 0.2) is 17.5 Å². The molecule has 0 bridgehead atoms. The average molecular weight is 486 g/mol. The van der Waals surface area contributed by atoms with Crippen LogP contribution in [0.1, 0.15) is 19.4 Å².